The largest absolute Gasteiger partial charge is 0.352 e. The van der Waals surface area contributed by atoms with Crippen LogP contribution in [-0.2, 0) is 6.42 Å². The Bertz CT molecular complexity index is 1280. The third kappa shape index (κ3) is 3.52. The van der Waals surface area contributed by atoms with Crippen molar-refractivity contribution in [2.75, 3.05) is 11.9 Å². The topological polar surface area (TPSA) is 113 Å². The molecule has 0 spiro atoms. The zero-order valence-corrected chi connectivity index (χ0v) is 17.0. The van der Waals surface area contributed by atoms with Crippen LogP contribution in [-0.4, -0.2) is 27.0 Å². The molecule has 5 rings (SSSR count). The number of fused-ring (bicyclic) bond motifs is 2. The highest BCUT2D eigenvalue weighted by Crippen LogP contribution is 2.31. The molecule has 1 amide bonds. The number of benzene rings is 1. The fraction of sp³-hybridized carbons (Fsp3) is 0.348. The van der Waals surface area contributed by atoms with Crippen molar-refractivity contribution in [1.29, 1.82) is 5.26 Å². The van der Waals surface area contributed by atoms with E-state index in [-0.39, 0.29) is 23.1 Å². The number of nitrogens with zero attached hydrogens (tertiary/aromatic N) is 4. The van der Waals surface area contributed by atoms with Crippen LogP contribution in [0, 0.1) is 11.3 Å². The van der Waals surface area contributed by atoms with Gasteiger partial charge in [-0.1, -0.05) is 12.8 Å². The third-order valence-corrected chi connectivity index (χ3v) is 6.10. The van der Waals surface area contributed by atoms with E-state index in [0.717, 1.165) is 49.8 Å². The lowest BCUT2D eigenvalue weighted by atomic mass is 10.0. The number of pyridine rings is 1. The molecule has 0 bridgehead atoms. The van der Waals surface area contributed by atoms with Gasteiger partial charge in [0.05, 0.1) is 0 Å². The van der Waals surface area contributed by atoms with Crippen molar-refractivity contribution >= 4 is 28.6 Å². The first-order valence-corrected chi connectivity index (χ1v) is 10.6. The molecule has 0 saturated heterocycles. The Morgan fingerprint density at radius 1 is 1.16 bits per heavy atom. The Morgan fingerprint density at radius 2 is 2.00 bits per heavy atom. The smallest absolute Gasteiger partial charge is 0.270 e. The second-order valence-electron chi connectivity index (χ2n) is 8.11. The van der Waals surface area contributed by atoms with E-state index in [2.05, 4.69) is 20.6 Å². The van der Waals surface area contributed by atoms with Crippen LogP contribution in [0.25, 0.3) is 11.0 Å². The van der Waals surface area contributed by atoms with Gasteiger partial charge in [0.25, 0.3) is 11.5 Å². The van der Waals surface area contributed by atoms with Gasteiger partial charge in [-0.3, -0.25) is 14.2 Å². The predicted molar refractivity (Wildman–Crippen MR) is 116 cm³/mol. The maximum atomic E-state index is 12.9. The van der Waals surface area contributed by atoms with Crippen LogP contribution in [0.15, 0.2) is 35.3 Å². The normalized spacial score (nSPS) is 16.4. The molecule has 0 atom stereocenters. The number of hydrogen-bond donors (Lipinski definition) is 2. The third-order valence-electron chi connectivity index (χ3n) is 6.10. The number of rotatable bonds is 3. The van der Waals surface area contributed by atoms with Gasteiger partial charge in [0.2, 0.25) is 5.95 Å². The molecule has 8 heteroatoms. The lowest BCUT2D eigenvalue weighted by molar-refractivity contribution is 0.0956. The summed E-state index contributed by atoms with van der Waals surface area (Å²) in [6, 6.07) is 9.22. The second kappa shape index (κ2) is 7.84. The van der Waals surface area contributed by atoms with E-state index in [1.54, 1.807) is 16.8 Å². The van der Waals surface area contributed by atoms with E-state index < -0.39 is 0 Å². The summed E-state index contributed by atoms with van der Waals surface area (Å²) in [5, 5.41) is 16.2. The zero-order chi connectivity index (χ0) is 21.4. The van der Waals surface area contributed by atoms with E-state index in [0.29, 0.717) is 29.1 Å². The number of aryl methyl sites for hydroxylation is 1. The Labute approximate surface area is 178 Å². The lowest BCUT2D eigenvalue weighted by Crippen LogP contribution is -2.26. The van der Waals surface area contributed by atoms with E-state index in [1.165, 1.54) is 0 Å². The molecule has 1 aliphatic carbocycles. The van der Waals surface area contributed by atoms with Crippen molar-refractivity contribution < 1.29 is 4.79 Å². The van der Waals surface area contributed by atoms with Gasteiger partial charge in [0, 0.05) is 35.4 Å². The molecule has 0 radical (unpaired) electrons. The van der Waals surface area contributed by atoms with Crippen LogP contribution < -0.4 is 16.2 Å². The highest BCUT2D eigenvalue weighted by Gasteiger charge is 2.23. The molecular formula is C23H22N6O2. The standard InChI is InChI=1S/C23H22N6O2/c24-12-15-10-16-13-26-23(28-20(16)29(22(15)31)18-5-1-2-6-18)27-17-7-8-19-14(11-17)4-3-9-25-21(19)30/h7-8,10-11,13,18H,1-6,9H2,(H,25,30)(H,26,27,28). The van der Waals surface area contributed by atoms with Crippen LogP contribution in [0.5, 0.6) is 0 Å². The number of nitriles is 1. The van der Waals surface area contributed by atoms with E-state index in [1.807, 2.05) is 24.3 Å². The van der Waals surface area contributed by atoms with Gasteiger partial charge in [-0.2, -0.15) is 10.2 Å². The Balaban J connectivity index is 1.55. The number of anilines is 2. The van der Waals surface area contributed by atoms with Crippen LogP contribution in [0.1, 0.15) is 59.6 Å². The molecule has 31 heavy (non-hydrogen) atoms. The monoisotopic (exact) mass is 414 g/mol. The molecule has 1 aliphatic heterocycles. The van der Waals surface area contributed by atoms with Crippen molar-refractivity contribution in [3.05, 3.63) is 57.5 Å². The average molecular weight is 414 g/mol. The molecule has 1 saturated carbocycles. The number of hydrogen-bond acceptors (Lipinski definition) is 6. The minimum absolute atomic E-state index is 0.0464. The van der Waals surface area contributed by atoms with Crippen LogP contribution in [0.2, 0.25) is 0 Å². The zero-order valence-electron chi connectivity index (χ0n) is 17.0. The summed E-state index contributed by atoms with van der Waals surface area (Å²) in [7, 11) is 0. The van der Waals surface area contributed by atoms with Crippen molar-refractivity contribution in [3.8, 4) is 6.07 Å². The van der Waals surface area contributed by atoms with E-state index in [9.17, 15) is 14.9 Å². The summed E-state index contributed by atoms with van der Waals surface area (Å²) in [6.45, 7) is 0.674. The summed E-state index contributed by atoms with van der Waals surface area (Å²) in [4.78, 5) is 34.1. The van der Waals surface area contributed by atoms with Gasteiger partial charge >= 0.3 is 0 Å². The highest BCUT2D eigenvalue weighted by molar-refractivity contribution is 5.96. The molecule has 2 N–H and O–H groups in total. The lowest BCUT2D eigenvalue weighted by Gasteiger charge is -2.17. The summed E-state index contributed by atoms with van der Waals surface area (Å²) >= 11 is 0. The van der Waals surface area contributed by atoms with Crippen molar-refractivity contribution in [2.24, 2.45) is 0 Å². The molecule has 3 heterocycles. The number of nitrogens with one attached hydrogen (secondary N) is 2. The van der Waals surface area contributed by atoms with Crippen molar-refractivity contribution in [2.45, 2.75) is 44.6 Å². The fourth-order valence-corrected chi connectivity index (χ4v) is 4.57. The average Bonchev–Trinajstić information content (AvgIpc) is 3.24. The van der Waals surface area contributed by atoms with Crippen LogP contribution in [0.3, 0.4) is 0 Å². The van der Waals surface area contributed by atoms with Gasteiger partial charge in [-0.25, -0.2) is 4.98 Å². The SMILES string of the molecule is N#Cc1cc2cnc(Nc3ccc4c(c3)CCCNC4=O)nc2n(C2CCCC2)c1=O. The first-order chi connectivity index (χ1) is 15.1. The Morgan fingerprint density at radius 3 is 2.81 bits per heavy atom. The fourth-order valence-electron chi connectivity index (χ4n) is 4.57. The molecule has 1 aromatic carbocycles. The van der Waals surface area contributed by atoms with Gasteiger partial charge in [0.15, 0.2) is 0 Å². The van der Waals surface area contributed by atoms with Crippen LogP contribution >= 0.6 is 0 Å². The molecule has 1 fully saturated rings. The first-order valence-electron chi connectivity index (χ1n) is 10.6. The highest BCUT2D eigenvalue weighted by atomic mass is 16.1. The Hall–Kier alpha value is -3.73. The molecule has 156 valence electrons. The predicted octanol–water partition coefficient (Wildman–Crippen LogP) is 3.20. The molecule has 0 unspecified atom stereocenters. The Kier molecular flexibility index (Phi) is 4.86. The van der Waals surface area contributed by atoms with E-state index in [4.69, 9.17) is 0 Å². The molecule has 2 aliphatic rings. The first kappa shape index (κ1) is 19.2. The molecule has 8 nitrogen and oxygen atoms in total. The summed E-state index contributed by atoms with van der Waals surface area (Å²) < 4.78 is 1.68. The minimum Gasteiger partial charge on any atom is -0.352 e. The number of amides is 1. The van der Waals surface area contributed by atoms with E-state index >= 15 is 0 Å². The quantitative estimate of drug-likeness (QED) is 0.681. The maximum absolute atomic E-state index is 12.9. The van der Waals surface area contributed by atoms with Gasteiger partial charge < -0.3 is 10.6 Å². The van der Waals surface area contributed by atoms with Gasteiger partial charge in [-0.15, -0.1) is 0 Å². The summed E-state index contributed by atoms with van der Waals surface area (Å²) in [6.07, 6.45) is 7.30. The molecule has 2 aromatic heterocycles. The van der Waals surface area contributed by atoms with Gasteiger partial charge in [0.1, 0.15) is 17.3 Å². The maximum Gasteiger partial charge on any atom is 0.270 e. The second-order valence-corrected chi connectivity index (χ2v) is 8.11. The van der Waals surface area contributed by atoms with Crippen LogP contribution in [0.4, 0.5) is 11.6 Å². The molecular weight excluding hydrogens is 392 g/mol. The van der Waals surface area contributed by atoms with Crippen molar-refractivity contribution in [3.63, 3.8) is 0 Å². The van der Waals surface area contributed by atoms with Crippen molar-refractivity contribution in [1.82, 2.24) is 19.9 Å². The number of carbonyl (C=O) groups is 1. The minimum atomic E-state index is -0.289. The van der Waals surface area contributed by atoms with Gasteiger partial charge in [-0.05, 0) is 55.5 Å². The summed E-state index contributed by atoms with van der Waals surface area (Å²) in [5.74, 6) is 0.330. The number of carbonyl (C=O) groups excluding carboxylic acids is 1. The molecule has 3 aromatic rings. The number of aromatic nitrogens is 3. The summed E-state index contributed by atoms with van der Waals surface area (Å²) in [5.41, 5.74) is 2.85.